The van der Waals surface area contributed by atoms with Crippen LogP contribution in [0.2, 0.25) is 0 Å². The molecule has 6 heteroatoms. The molecule has 0 unspecified atom stereocenters. The van der Waals surface area contributed by atoms with Crippen molar-refractivity contribution in [2.24, 2.45) is 11.8 Å². The molecular formula is C6H9ClO4S. The van der Waals surface area contributed by atoms with Crippen LogP contribution >= 0.6 is 10.7 Å². The van der Waals surface area contributed by atoms with Crippen LogP contribution in [-0.2, 0) is 18.6 Å². The molecule has 0 spiro atoms. The van der Waals surface area contributed by atoms with Crippen molar-refractivity contribution in [1.82, 2.24) is 0 Å². The molecule has 0 aromatic heterocycles. The Bertz CT molecular complexity index is 284. The van der Waals surface area contributed by atoms with Crippen molar-refractivity contribution in [3.8, 4) is 0 Å². The summed E-state index contributed by atoms with van der Waals surface area (Å²) >= 11 is 0. The van der Waals surface area contributed by atoms with E-state index in [4.69, 9.17) is 10.7 Å². The van der Waals surface area contributed by atoms with E-state index < -0.39 is 9.05 Å². The lowest BCUT2D eigenvalue weighted by Gasteiger charge is -1.95. The van der Waals surface area contributed by atoms with Crippen molar-refractivity contribution in [3.63, 3.8) is 0 Å². The molecule has 0 aromatic carbocycles. The first-order valence-corrected chi connectivity index (χ1v) is 5.92. The van der Waals surface area contributed by atoms with Crippen molar-refractivity contribution in [3.05, 3.63) is 0 Å². The quantitative estimate of drug-likeness (QED) is 0.501. The summed E-state index contributed by atoms with van der Waals surface area (Å²) in [5.41, 5.74) is 0. The number of hydrogen-bond donors (Lipinski definition) is 0. The average molecular weight is 213 g/mol. The normalized spacial score (nSPS) is 28.2. The lowest BCUT2D eigenvalue weighted by molar-refractivity contribution is -0.142. The molecule has 0 radical (unpaired) electrons. The van der Waals surface area contributed by atoms with Gasteiger partial charge in [-0.2, -0.15) is 0 Å². The predicted octanol–water partition coefficient (Wildman–Crippen LogP) is 0.364. The third-order valence-electron chi connectivity index (χ3n) is 1.84. The Labute approximate surface area is 75.3 Å². The highest BCUT2D eigenvalue weighted by molar-refractivity contribution is 8.13. The van der Waals surface area contributed by atoms with Crippen molar-refractivity contribution in [1.29, 1.82) is 0 Å². The summed E-state index contributed by atoms with van der Waals surface area (Å²) in [4.78, 5) is 10.8. The van der Waals surface area contributed by atoms with Gasteiger partial charge in [-0.05, 0) is 12.3 Å². The van der Waals surface area contributed by atoms with E-state index in [9.17, 15) is 13.2 Å². The number of rotatable bonds is 3. The molecule has 1 aliphatic carbocycles. The Kier molecular flexibility index (Phi) is 2.63. The summed E-state index contributed by atoms with van der Waals surface area (Å²) in [5.74, 6) is -0.877. The van der Waals surface area contributed by atoms with Crippen LogP contribution in [0.4, 0.5) is 0 Å². The summed E-state index contributed by atoms with van der Waals surface area (Å²) in [6.07, 6.45) is 0.568. The Hall–Kier alpha value is -0.290. The van der Waals surface area contributed by atoms with Crippen molar-refractivity contribution in [2.45, 2.75) is 6.42 Å². The Morgan fingerprint density at radius 1 is 1.67 bits per heavy atom. The highest BCUT2D eigenvalue weighted by Crippen LogP contribution is 2.40. The van der Waals surface area contributed by atoms with Crippen LogP contribution in [0.5, 0.6) is 0 Å². The van der Waals surface area contributed by atoms with E-state index in [0.29, 0.717) is 6.42 Å². The van der Waals surface area contributed by atoms with Gasteiger partial charge in [0.05, 0.1) is 18.8 Å². The second kappa shape index (κ2) is 3.22. The van der Waals surface area contributed by atoms with E-state index in [1.807, 2.05) is 0 Å². The molecule has 1 saturated carbocycles. The first-order valence-electron chi connectivity index (χ1n) is 3.44. The van der Waals surface area contributed by atoms with Crippen LogP contribution in [0.15, 0.2) is 0 Å². The Balaban J connectivity index is 2.39. The van der Waals surface area contributed by atoms with Crippen LogP contribution in [0, 0.1) is 11.8 Å². The number of esters is 1. The van der Waals surface area contributed by atoms with Crippen molar-refractivity contribution < 1.29 is 17.9 Å². The van der Waals surface area contributed by atoms with Crippen molar-refractivity contribution in [2.75, 3.05) is 12.9 Å². The minimum Gasteiger partial charge on any atom is -0.469 e. The first kappa shape index (κ1) is 9.80. The zero-order valence-electron chi connectivity index (χ0n) is 6.49. The van der Waals surface area contributed by atoms with Gasteiger partial charge in [-0.1, -0.05) is 0 Å². The molecule has 1 rings (SSSR count). The van der Waals surface area contributed by atoms with E-state index >= 15 is 0 Å². The minimum atomic E-state index is -3.47. The van der Waals surface area contributed by atoms with Crippen molar-refractivity contribution >= 4 is 25.7 Å². The molecule has 12 heavy (non-hydrogen) atoms. The minimum absolute atomic E-state index is 0.131. The van der Waals surface area contributed by atoms with E-state index in [1.54, 1.807) is 0 Å². The van der Waals surface area contributed by atoms with E-state index in [0.717, 1.165) is 0 Å². The molecule has 0 bridgehead atoms. The zero-order valence-corrected chi connectivity index (χ0v) is 8.06. The number of halogens is 1. The number of carbonyl (C=O) groups excluding carboxylic acids is 1. The summed E-state index contributed by atoms with van der Waals surface area (Å²) in [5, 5.41) is 0. The fourth-order valence-electron chi connectivity index (χ4n) is 1.13. The maximum atomic E-state index is 10.8. The van der Waals surface area contributed by atoms with Gasteiger partial charge in [0.1, 0.15) is 0 Å². The molecule has 0 N–H and O–H groups in total. The third kappa shape index (κ3) is 2.64. The molecule has 0 heterocycles. The molecule has 4 nitrogen and oxygen atoms in total. The number of carbonyl (C=O) groups is 1. The molecule has 2 atom stereocenters. The number of ether oxygens (including phenoxy) is 1. The smallest absolute Gasteiger partial charge is 0.308 e. The van der Waals surface area contributed by atoms with Gasteiger partial charge in [0, 0.05) is 10.7 Å². The largest absolute Gasteiger partial charge is 0.469 e. The molecule has 1 aliphatic rings. The SMILES string of the molecule is COC(=O)[C@H]1C[C@H]1CS(=O)(=O)Cl. The second-order valence-corrected chi connectivity index (χ2v) is 5.65. The van der Waals surface area contributed by atoms with Gasteiger partial charge in [-0.3, -0.25) is 4.79 Å². The third-order valence-corrected chi connectivity index (χ3v) is 3.04. The van der Waals surface area contributed by atoms with Gasteiger partial charge in [-0.25, -0.2) is 8.42 Å². The molecule has 70 valence electrons. The van der Waals surface area contributed by atoms with Crippen LogP contribution in [0.1, 0.15) is 6.42 Å². The van der Waals surface area contributed by atoms with Crippen LogP contribution in [0.25, 0.3) is 0 Å². The van der Waals surface area contributed by atoms with E-state index in [1.165, 1.54) is 7.11 Å². The highest BCUT2D eigenvalue weighted by Gasteiger charge is 2.45. The molecule has 0 amide bonds. The van der Waals surface area contributed by atoms with Crippen LogP contribution in [-0.4, -0.2) is 27.2 Å². The highest BCUT2D eigenvalue weighted by atomic mass is 35.7. The maximum absolute atomic E-state index is 10.8. The maximum Gasteiger partial charge on any atom is 0.308 e. The lowest BCUT2D eigenvalue weighted by Crippen LogP contribution is -2.08. The molecule has 0 aliphatic heterocycles. The topological polar surface area (TPSA) is 60.4 Å². The number of methoxy groups -OCH3 is 1. The molecule has 0 aromatic rings. The van der Waals surface area contributed by atoms with Gasteiger partial charge in [-0.15, -0.1) is 0 Å². The van der Waals surface area contributed by atoms with Gasteiger partial charge in [0.25, 0.3) is 0 Å². The fraction of sp³-hybridized carbons (Fsp3) is 0.833. The summed E-state index contributed by atoms with van der Waals surface area (Å²) in [7, 11) is 2.81. The second-order valence-electron chi connectivity index (χ2n) is 2.83. The first-order chi connectivity index (χ1) is 5.44. The molecule has 1 fully saturated rings. The zero-order chi connectivity index (χ0) is 9.35. The lowest BCUT2D eigenvalue weighted by atomic mass is 10.3. The Morgan fingerprint density at radius 3 is 2.67 bits per heavy atom. The van der Waals surface area contributed by atoms with Gasteiger partial charge in [0.15, 0.2) is 0 Å². The molecule has 0 saturated heterocycles. The van der Waals surface area contributed by atoms with Crippen LogP contribution in [0.3, 0.4) is 0 Å². The molecular weight excluding hydrogens is 204 g/mol. The average Bonchev–Trinajstić information content (AvgIpc) is 2.62. The van der Waals surface area contributed by atoms with Gasteiger partial charge >= 0.3 is 5.97 Å². The Morgan fingerprint density at radius 2 is 2.25 bits per heavy atom. The predicted molar refractivity (Wildman–Crippen MR) is 43.3 cm³/mol. The standard InChI is InChI=1S/C6H9ClO4S/c1-11-6(8)5-2-4(5)3-12(7,9)10/h4-5H,2-3H2,1H3/t4-,5-/m0/s1. The van der Waals surface area contributed by atoms with Gasteiger partial charge in [0.2, 0.25) is 9.05 Å². The number of hydrogen-bond acceptors (Lipinski definition) is 4. The fourth-order valence-corrected chi connectivity index (χ4v) is 2.49. The summed E-state index contributed by atoms with van der Waals surface area (Å²) in [6.45, 7) is 0. The van der Waals surface area contributed by atoms with Crippen LogP contribution < -0.4 is 0 Å². The summed E-state index contributed by atoms with van der Waals surface area (Å²) < 4.78 is 25.5. The van der Waals surface area contributed by atoms with E-state index in [2.05, 4.69) is 4.74 Å². The van der Waals surface area contributed by atoms with E-state index in [-0.39, 0.29) is 23.6 Å². The summed E-state index contributed by atoms with van der Waals surface area (Å²) in [6, 6.07) is 0. The van der Waals surface area contributed by atoms with Gasteiger partial charge < -0.3 is 4.74 Å². The monoisotopic (exact) mass is 212 g/mol.